The summed E-state index contributed by atoms with van der Waals surface area (Å²) in [6.45, 7) is 5.26. The van der Waals surface area contributed by atoms with Crippen LogP contribution in [0.2, 0.25) is 0 Å². The lowest BCUT2D eigenvalue weighted by molar-refractivity contribution is 0.326. The second-order valence-corrected chi connectivity index (χ2v) is 2.91. The molecule has 0 saturated heterocycles. The number of hydrogen-bond donors (Lipinski definition) is 1. The molecule has 1 aromatic rings. The standard InChI is InChI=1S/C10H15NO/c1-8-3-4-10(9(2)7-8)12-6-5-11/h3-4,7H,5-6,11H2,1-2H3. The fourth-order valence-corrected chi connectivity index (χ4v) is 1.13. The highest BCUT2D eigenvalue weighted by Crippen LogP contribution is 2.18. The SMILES string of the molecule is Cc1ccc(OCCN)c(C)c1. The van der Waals surface area contributed by atoms with Gasteiger partial charge in [0.2, 0.25) is 0 Å². The molecule has 1 aromatic carbocycles. The quantitative estimate of drug-likeness (QED) is 0.739. The first-order valence-electron chi connectivity index (χ1n) is 4.14. The molecule has 0 radical (unpaired) electrons. The van der Waals surface area contributed by atoms with Gasteiger partial charge >= 0.3 is 0 Å². The minimum absolute atomic E-state index is 0.563. The summed E-state index contributed by atoms with van der Waals surface area (Å²) in [6, 6.07) is 6.13. The molecule has 0 unspecified atom stereocenters. The average Bonchev–Trinajstić information content (AvgIpc) is 2.03. The van der Waals surface area contributed by atoms with Crippen molar-refractivity contribution in [2.45, 2.75) is 13.8 Å². The Balaban J connectivity index is 2.72. The van der Waals surface area contributed by atoms with Gasteiger partial charge in [-0.05, 0) is 25.5 Å². The molecule has 0 fully saturated rings. The Kier molecular flexibility index (Phi) is 3.11. The fraction of sp³-hybridized carbons (Fsp3) is 0.400. The molecule has 0 bridgehead atoms. The molecule has 0 spiro atoms. The molecule has 2 N–H and O–H groups in total. The number of aryl methyl sites for hydroxylation is 2. The van der Waals surface area contributed by atoms with Crippen molar-refractivity contribution in [3.63, 3.8) is 0 Å². The van der Waals surface area contributed by atoms with E-state index in [0.717, 1.165) is 5.75 Å². The minimum atomic E-state index is 0.563. The van der Waals surface area contributed by atoms with Crippen molar-refractivity contribution in [1.29, 1.82) is 0 Å². The number of benzene rings is 1. The highest BCUT2D eigenvalue weighted by molar-refractivity contribution is 5.35. The zero-order chi connectivity index (χ0) is 8.97. The fourth-order valence-electron chi connectivity index (χ4n) is 1.13. The molecule has 0 aliphatic rings. The normalized spacial score (nSPS) is 9.92. The van der Waals surface area contributed by atoms with Gasteiger partial charge in [0, 0.05) is 6.54 Å². The number of ether oxygens (including phenoxy) is 1. The Morgan fingerprint density at radius 3 is 2.67 bits per heavy atom. The van der Waals surface area contributed by atoms with E-state index in [1.807, 2.05) is 19.1 Å². The van der Waals surface area contributed by atoms with E-state index in [1.165, 1.54) is 11.1 Å². The largest absolute Gasteiger partial charge is 0.492 e. The van der Waals surface area contributed by atoms with Crippen molar-refractivity contribution in [2.24, 2.45) is 5.73 Å². The van der Waals surface area contributed by atoms with Crippen LogP contribution in [0.3, 0.4) is 0 Å². The van der Waals surface area contributed by atoms with Crippen molar-refractivity contribution < 1.29 is 4.74 Å². The van der Waals surface area contributed by atoms with Crippen molar-refractivity contribution in [3.8, 4) is 5.75 Å². The van der Waals surface area contributed by atoms with Crippen LogP contribution in [0, 0.1) is 13.8 Å². The van der Waals surface area contributed by atoms with Crippen molar-refractivity contribution in [3.05, 3.63) is 29.3 Å². The first-order valence-corrected chi connectivity index (χ1v) is 4.14. The van der Waals surface area contributed by atoms with E-state index in [4.69, 9.17) is 10.5 Å². The molecule has 12 heavy (non-hydrogen) atoms. The molecule has 0 aromatic heterocycles. The molecule has 0 atom stereocenters. The Hall–Kier alpha value is -1.02. The summed E-state index contributed by atoms with van der Waals surface area (Å²) in [5.41, 5.74) is 7.76. The van der Waals surface area contributed by atoms with E-state index < -0.39 is 0 Å². The maximum atomic E-state index is 5.42. The van der Waals surface area contributed by atoms with Crippen molar-refractivity contribution in [2.75, 3.05) is 13.2 Å². The molecule has 66 valence electrons. The van der Waals surface area contributed by atoms with E-state index in [1.54, 1.807) is 0 Å². The van der Waals surface area contributed by atoms with Gasteiger partial charge in [-0.15, -0.1) is 0 Å². The van der Waals surface area contributed by atoms with Gasteiger partial charge in [-0.2, -0.15) is 0 Å². The summed E-state index contributed by atoms with van der Waals surface area (Å²) in [4.78, 5) is 0. The summed E-state index contributed by atoms with van der Waals surface area (Å²) in [7, 11) is 0. The topological polar surface area (TPSA) is 35.2 Å². The van der Waals surface area contributed by atoms with E-state index in [-0.39, 0.29) is 0 Å². The Labute approximate surface area is 73.3 Å². The summed E-state index contributed by atoms with van der Waals surface area (Å²) in [5.74, 6) is 0.936. The number of nitrogens with two attached hydrogens (primary N) is 1. The van der Waals surface area contributed by atoms with Crippen LogP contribution in [0.1, 0.15) is 11.1 Å². The number of rotatable bonds is 3. The van der Waals surface area contributed by atoms with Crippen LogP contribution in [0.4, 0.5) is 0 Å². The zero-order valence-electron chi connectivity index (χ0n) is 7.63. The molecule has 0 aliphatic heterocycles. The van der Waals surface area contributed by atoms with Gasteiger partial charge in [0.25, 0.3) is 0 Å². The molecule has 0 aliphatic carbocycles. The monoisotopic (exact) mass is 165 g/mol. The van der Waals surface area contributed by atoms with Crippen LogP contribution >= 0.6 is 0 Å². The van der Waals surface area contributed by atoms with E-state index >= 15 is 0 Å². The average molecular weight is 165 g/mol. The summed E-state index contributed by atoms with van der Waals surface area (Å²) in [5, 5.41) is 0. The predicted molar refractivity (Wildman–Crippen MR) is 50.5 cm³/mol. The first kappa shape index (κ1) is 9.07. The molecular weight excluding hydrogens is 150 g/mol. The molecule has 2 nitrogen and oxygen atoms in total. The Bertz CT molecular complexity index is 258. The third-order valence-electron chi connectivity index (χ3n) is 1.71. The molecule has 0 saturated carbocycles. The van der Waals surface area contributed by atoms with E-state index in [2.05, 4.69) is 13.0 Å². The number of hydrogen-bond acceptors (Lipinski definition) is 2. The lowest BCUT2D eigenvalue weighted by Gasteiger charge is -2.07. The molecule has 0 heterocycles. The van der Waals surface area contributed by atoms with Gasteiger partial charge < -0.3 is 10.5 Å². The van der Waals surface area contributed by atoms with Gasteiger partial charge in [0.15, 0.2) is 0 Å². The van der Waals surface area contributed by atoms with Crippen molar-refractivity contribution >= 4 is 0 Å². The maximum absolute atomic E-state index is 5.42. The van der Waals surface area contributed by atoms with Gasteiger partial charge in [0.1, 0.15) is 12.4 Å². The molecule has 1 rings (SSSR count). The predicted octanol–water partition coefficient (Wildman–Crippen LogP) is 1.64. The molecule has 2 heteroatoms. The summed E-state index contributed by atoms with van der Waals surface area (Å²) in [6.07, 6.45) is 0. The minimum Gasteiger partial charge on any atom is -0.492 e. The lowest BCUT2D eigenvalue weighted by Crippen LogP contribution is -2.11. The smallest absolute Gasteiger partial charge is 0.122 e. The third-order valence-corrected chi connectivity index (χ3v) is 1.71. The van der Waals surface area contributed by atoms with Gasteiger partial charge in [-0.1, -0.05) is 17.7 Å². The second kappa shape index (κ2) is 4.12. The van der Waals surface area contributed by atoms with Crippen LogP contribution < -0.4 is 10.5 Å². The summed E-state index contributed by atoms with van der Waals surface area (Å²) < 4.78 is 5.42. The molecular formula is C10H15NO. The van der Waals surface area contributed by atoms with E-state index in [0.29, 0.717) is 13.2 Å². The molecule has 0 amide bonds. The van der Waals surface area contributed by atoms with Crippen LogP contribution in [-0.2, 0) is 0 Å². The highest BCUT2D eigenvalue weighted by atomic mass is 16.5. The van der Waals surface area contributed by atoms with Gasteiger partial charge in [0.05, 0.1) is 0 Å². The van der Waals surface area contributed by atoms with Crippen LogP contribution in [0.15, 0.2) is 18.2 Å². The lowest BCUT2D eigenvalue weighted by atomic mass is 10.1. The maximum Gasteiger partial charge on any atom is 0.122 e. The van der Waals surface area contributed by atoms with Crippen LogP contribution in [-0.4, -0.2) is 13.2 Å². The highest BCUT2D eigenvalue weighted by Gasteiger charge is 1.97. The third kappa shape index (κ3) is 2.24. The Morgan fingerprint density at radius 2 is 2.08 bits per heavy atom. The van der Waals surface area contributed by atoms with Crippen molar-refractivity contribution in [1.82, 2.24) is 0 Å². The Morgan fingerprint density at radius 1 is 1.33 bits per heavy atom. The van der Waals surface area contributed by atoms with Crippen LogP contribution in [0.25, 0.3) is 0 Å². The summed E-state index contributed by atoms with van der Waals surface area (Å²) >= 11 is 0. The van der Waals surface area contributed by atoms with Crippen LogP contribution in [0.5, 0.6) is 5.75 Å². The second-order valence-electron chi connectivity index (χ2n) is 2.91. The van der Waals surface area contributed by atoms with E-state index in [9.17, 15) is 0 Å². The zero-order valence-corrected chi connectivity index (χ0v) is 7.63. The van der Waals surface area contributed by atoms with Gasteiger partial charge in [-0.25, -0.2) is 0 Å². The van der Waals surface area contributed by atoms with Gasteiger partial charge in [-0.3, -0.25) is 0 Å². The first-order chi connectivity index (χ1) is 5.74.